The smallest absolute Gasteiger partial charge is 0.221 e. The number of anilines is 1. The first kappa shape index (κ1) is 16.1. The van der Waals surface area contributed by atoms with Crippen LogP contribution in [0.4, 0.5) is 10.3 Å². The molecule has 0 spiro atoms. The minimum absolute atomic E-state index is 0.165. The summed E-state index contributed by atoms with van der Waals surface area (Å²) in [6.07, 6.45) is 3.51. The minimum Gasteiger partial charge on any atom is -0.488 e. The van der Waals surface area contributed by atoms with Gasteiger partial charge in [-0.2, -0.15) is 4.98 Å². The van der Waals surface area contributed by atoms with E-state index in [-0.39, 0.29) is 18.4 Å². The van der Waals surface area contributed by atoms with Crippen LogP contribution in [0.1, 0.15) is 11.1 Å². The van der Waals surface area contributed by atoms with Crippen LogP contribution in [0.15, 0.2) is 60.9 Å². The first-order valence-corrected chi connectivity index (χ1v) is 8.19. The lowest BCUT2D eigenvalue weighted by atomic mass is 10.1. The molecule has 0 saturated heterocycles. The fourth-order valence-corrected chi connectivity index (χ4v) is 2.94. The van der Waals surface area contributed by atoms with Crippen molar-refractivity contribution in [3.05, 3.63) is 77.9 Å². The molecule has 0 aliphatic carbocycles. The number of nitrogen functional groups attached to an aromatic ring is 1. The molecule has 26 heavy (non-hydrogen) atoms. The number of nitrogens with zero attached hydrogens (tertiary/aromatic N) is 3. The van der Waals surface area contributed by atoms with Crippen LogP contribution < -0.4 is 10.5 Å². The maximum atomic E-state index is 14.2. The molecule has 4 aromatic rings. The Labute approximate surface area is 149 Å². The van der Waals surface area contributed by atoms with E-state index in [1.165, 1.54) is 0 Å². The van der Waals surface area contributed by atoms with Gasteiger partial charge in [-0.25, -0.2) is 9.37 Å². The molecule has 0 radical (unpaired) electrons. The molecule has 2 aromatic heterocycles. The molecule has 5 nitrogen and oxygen atoms in total. The molecular formula is C20H17FN4O. The summed E-state index contributed by atoms with van der Waals surface area (Å²) in [6, 6.07) is 14.8. The summed E-state index contributed by atoms with van der Waals surface area (Å²) in [7, 11) is 0. The Morgan fingerprint density at radius 2 is 1.96 bits per heavy atom. The summed E-state index contributed by atoms with van der Waals surface area (Å²) in [5.41, 5.74) is 7.74. The van der Waals surface area contributed by atoms with Gasteiger partial charge < -0.3 is 15.0 Å². The Morgan fingerprint density at radius 3 is 2.81 bits per heavy atom. The summed E-state index contributed by atoms with van der Waals surface area (Å²) >= 11 is 0. The number of fused-ring (bicyclic) bond motifs is 1. The van der Waals surface area contributed by atoms with Crippen LogP contribution in [0.25, 0.3) is 16.7 Å². The van der Waals surface area contributed by atoms with E-state index in [1.807, 2.05) is 41.1 Å². The summed E-state index contributed by atoms with van der Waals surface area (Å²) in [5.74, 6) is 1.35. The van der Waals surface area contributed by atoms with Gasteiger partial charge in [0, 0.05) is 23.3 Å². The summed E-state index contributed by atoms with van der Waals surface area (Å²) in [4.78, 5) is 8.17. The van der Waals surface area contributed by atoms with Gasteiger partial charge in [-0.1, -0.05) is 24.3 Å². The van der Waals surface area contributed by atoms with Crippen molar-refractivity contribution in [2.45, 2.75) is 13.5 Å². The van der Waals surface area contributed by atoms with Gasteiger partial charge in [0.2, 0.25) is 5.95 Å². The number of aryl methyl sites for hydroxylation is 1. The van der Waals surface area contributed by atoms with Crippen molar-refractivity contribution in [1.82, 2.24) is 14.5 Å². The average Bonchev–Trinajstić information content (AvgIpc) is 3.08. The molecule has 0 bridgehead atoms. The van der Waals surface area contributed by atoms with Crippen LogP contribution in [0, 0.1) is 12.7 Å². The van der Waals surface area contributed by atoms with Gasteiger partial charge in [0.1, 0.15) is 24.0 Å². The molecule has 130 valence electrons. The van der Waals surface area contributed by atoms with Crippen LogP contribution in [-0.2, 0) is 6.61 Å². The van der Waals surface area contributed by atoms with Gasteiger partial charge in [0.25, 0.3) is 0 Å². The highest BCUT2D eigenvalue weighted by molar-refractivity contribution is 5.87. The zero-order chi connectivity index (χ0) is 18.1. The quantitative estimate of drug-likeness (QED) is 0.605. The van der Waals surface area contributed by atoms with Crippen molar-refractivity contribution in [2.24, 2.45) is 0 Å². The second kappa shape index (κ2) is 6.48. The lowest BCUT2D eigenvalue weighted by molar-refractivity contribution is 0.303. The molecule has 4 rings (SSSR count). The summed E-state index contributed by atoms with van der Waals surface area (Å²) < 4.78 is 22.0. The number of aromatic nitrogens is 3. The van der Waals surface area contributed by atoms with E-state index >= 15 is 0 Å². The predicted molar refractivity (Wildman–Crippen MR) is 98.7 cm³/mol. The fraction of sp³-hybridized carbons (Fsp3) is 0.100. The molecule has 2 N–H and O–H groups in total. The predicted octanol–water partition coefficient (Wildman–Crippen LogP) is 4.03. The summed E-state index contributed by atoms with van der Waals surface area (Å²) in [6.45, 7) is 1.91. The lowest BCUT2D eigenvalue weighted by Gasteiger charge is -2.10. The highest BCUT2D eigenvalue weighted by Gasteiger charge is 2.11. The Bertz CT molecular complexity index is 1090. The van der Waals surface area contributed by atoms with Crippen molar-refractivity contribution in [2.75, 3.05) is 5.73 Å². The largest absolute Gasteiger partial charge is 0.488 e. The van der Waals surface area contributed by atoms with Gasteiger partial charge in [0.05, 0.1) is 5.52 Å². The van der Waals surface area contributed by atoms with E-state index < -0.39 is 0 Å². The molecule has 0 fully saturated rings. The maximum absolute atomic E-state index is 14.2. The first-order chi connectivity index (χ1) is 12.6. The van der Waals surface area contributed by atoms with Crippen molar-refractivity contribution in [1.29, 1.82) is 0 Å². The van der Waals surface area contributed by atoms with Crippen LogP contribution in [0.5, 0.6) is 5.75 Å². The molecule has 0 unspecified atom stereocenters. The average molecular weight is 348 g/mol. The normalized spacial score (nSPS) is 11.0. The molecule has 2 aromatic carbocycles. The van der Waals surface area contributed by atoms with Gasteiger partial charge >= 0.3 is 0 Å². The minimum atomic E-state index is -0.228. The second-order valence-corrected chi connectivity index (χ2v) is 5.98. The zero-order valence-corrected chi connectivity index (χ0v) is 14.2. The number of rotatable bonds is 4. The Morgan fingerprint density at radius 1 is 1.12 bits per heavy atom. The van der Waals surface area contributed by atoms with Gasteiger partial charge in [-0.05, 0) is 36.8 Å². The molecule has 6 heteroatoms. The number of nitrogens with two attached hydrogens (primary N) is 1. The first-order valence-electron chi connectivity index (χ1n) is 8.19. The number of ether oxygens (including phenoxy) is 1. The van der Waals surface area contributed by atoms with Crippen molar-refractivity contribution in [3.8, 4) is 11.6 Å². The topological polar surface area (TPSA) is 66.0 Å². The maximum Gasteiger partial charge on any atom is 0.221 e. The fourth-order valence-electron chi connectivity index (χ4n) is 2.94. The Hall–Kier alpha value is -3.41. The molecule has 0 saturated carbocycles. The zero-order valence-electron chi connectivity index (χ0n) is 14.2. The number of hydrogen-bond donors (Lipinski definition) is 1. The van der Waals surface area contributed by atoms with Crippen LogP contribution in [-0.4, -0.2) is 14.5 Å². The third-order valence-electron chi connectivity index (χ3n) is 4.25. The van der Waals surface area contributed by atoms with E-state index in [9.17, 15) is 4.39 Å². The number of halogens is 1. The monoisotopic (exact) mass is 348 g/mol. The van der Waals surface area contributed by atoms with Gasteiger partial charge in [-0.3, -0.25) is 0 Å². The number of hydrogen-bond acceptors (Lipinski definition) is 4. The number of benzene rings is 2. The molecule has 0 atom stereocenters. The van der Waals surface area contributed by atoms with Crippen molar-refractivity contribution < 1.29 is 9.13 Å². The van der Waals surface area contributed by atoms with Crippen LogP contribution in [0.3, 0.4) is 0 Å². The highest BCUT2D eigenvalue weighted by atomic mass is 19.1. The Balaban J connectivity index is 1.68. The van der Waals surface area contributed by atoms with Gasteiger partial charge in [0.15, 0.2) is 0 Å². The van der Waals surface area contributed by atoms with Crippen molar-refractivity contribution in [3.63, 3.8) is 0 Å². The van der Waals surface area contributed by atoms with E-state index in [0.29, 0.717) is 22.7 Å². The third kappa shape index (κ3) is 2.86. The van der Waals surface area contributed by atoms with Gasteiger partial charge in [-0.15, -0.1) is 0 Å². The van der Waals surface area contributed by atoms with E-state index in [1.54, 1.807) is 31.3 Å². The highest BCUT2D eigenvalue weighted by Crippen LogP contribution is 2.29. The van der Waals surface area contributed by atoms with E-state index in [2.05, 4.69) is 9.97 Å². The van der Waals surface area contributed by atoms with E-state index in [0.717, 1.165) is 10.9 Å². The SMILES string of the molecule is Cc1cccc(COc2cccc3c2ccn3-c2ccnc(N)n2)c1F. The van der Waals surface area contributed by atoms with E-state index in [4.69, 9.17) is 10.5 Å². The van der Waals surface area contributed by atoms with Crippen LogP contribution >= 0.6 is 0 Å². The third-order valence-corrected chi connectivity index (χ3v) is 4.25. The standard InChI is InChI=1S/C20H17FN4O/c1-13-4-2-5-14(19(13)21)12-26-17-7-3-6-16-15(17)9-11-25(16)18-8-10-23-20(22)24-18/h2-11H,12H2,1H3,(H2,22,23,24). The Kier molecular flexibility index (Phi) is 4.01. The molecule has 0 aliphatic heterocycles. The van der Waals surface area contributed by atoms with Crippen molar-refractivity contribution >= 4 is 16.9 Å². The lowest BCUT2D eigenvalue weighted by Crippen LogP contribution is -2.01. The molecule has 0 amide bonds. The second-order valence-electron chi connectivity index (χ2n) is 5.98. The summed E-state index contributed by atoms with van der Waals surface area (Å²) in [5, 5.41) is 0.915. The van der Waals surface area contributed by atoms with Crippen LogP contribution in [0.2, 0.25) is 0 Å². The molecule has 2 heterocycles. The molecular weight excluding hydrogens is 331 g/mol. The molecule has 0 aliphatic rings.